The van der Waals surface area contributed by atoms with E-state index in [1.54, 1.807) is 55.9 Å². The maximum absolute atomic E-state index is 12.1. The standard InChI is InChI=1S/C24H24N6O3/c1-16(2)13-30-15-27-21-22(30)25-14-26-24(21)33-19-10-9-18(20(11-19)32-3)12-28-29-23(31)17-7-5-4-6-8-17/h4-12,14-16H,13H2,1-3H3,(H,29,31)/b28-12+. The average Bonchev–Trinajstić information content (AvgIpc) is 3.23. The van der Waals surface area contributed by atoms with Gasteiger partial charge in [-0.1, -0.05) is 32.0 Å². The van der Waals surface area contributed by atoms with Crippen LogP contribution in [0.3, 0.4) is 0 Å². The molecule has 4 rings (SSSR count). The summed E-state index contributed by atoms with van der Waals surface area (Å²) in [6.07, 6.45) is 4.72. The summed E-state index contributed by atoms with van der Waals surface area (Å²) in [6, 6.07) is 14.1. The van der Waals surface area contributed by atoms with Crippen molar-refractivity contribution in [2.75, 3.05) is 7.11 Å². The molecule has 0 spiro atoms. The molecule has 9 heteroatoms. The van der Waals surface area contributed by atoms with Crippen molar-refractivity contribution in [1.29, 1.82) is 0 Å². The van der Waals surface area contributed by atoms with Crippen LogP contribution in [0.4, 0.5) is 0 Å². The third kappa shape index (κ3) is 5.15. The molecule has 0 aliphatic carbocycles. The van der Waals surface area contributed by atoms with Crippen molar-refractivity contribution in [1.82, 2.24) is 24.9 Å². The molecule has 0 aliphatic rings. The van der Waals surface area contributed by atoms with E-state index in [9.17, 15) is 4.79 Å². The molecular formula is C24H24N6O3. The van der Waals surface area contributed by atoms with Crippen LogP contribution in [0.15, 0.2) is 66.3 Å². The second-order valence-corrected chi connectivity index (χ2v) is 7.71. The van der Waals surface area contributed by atoms with Gasteiger partial charge in [0.15, 0.2) is 11.2 Å². The number of nitrogens with one attached hydrogen (secondary N) is 1. The molecule has 168 valence electrons. The minimum Gasteiger partial charge on any atom is -0.496 e. The van der Waals surface area contributed by atoms with Crippen molar-refractivity contribution in [3.8, 4) is 17.4 Å². The first-order chi connectivity index (χ1) is 16.0. The van der Waals surface area contributed by atoms with E-state index in [-0.39, 0.29) is 5.91 Å². The topological polar surface area (TPSA) is 104 Å². The van der Waals surface area contributed by atoms with E-state index in [2.05, 4.69) is 39.3 Å². The fraction of sp³-hybridized carbons (Fsp3) is 0.208. The average molecular weight is 444 g/mol. The van der Waals surface area contributed by atoms with E-state index < -0.39 is 0 Å². The lowest BCUT2D eigenvalue weighted by atomic mass is 10.2. The molecule has 0 atom stereocenters. The van der Waals surface area contributed by atoms with Gasteiger partial charge in [-0.05, 0) is 30.2 Å². The third-order valence-corrected chi connectivity index (χ3v) is 4.75. The Kier molecular flexibility index (Phi) is 6.58. The molecule has 1 amide bonds. The molecule has 0 fully saturated rings. The number of fused-ring (bicyclic) bond motifs is 1. The van der Waals surface area contributed by atoms with E-state index in [4.69, 9.17) is 9.47 Å². The van der Waals surface area contributed by atoms with E-state index in [1.807, 2.05) is 10.6 Å². The van der Waals surface area contributed by atoms with Crippen LogP contribution in [0.25, 0.3) is 11.2 Å². The Hall–Kier alpha value is -4.27. The Bertz CT molecular complexity index is 1280. The number of imidazole rings is 1. The van der Waals surface area contributed by atoms with Gasteiger partial charge in [0, 0.05) is 23.7 Å². The Morgan fingerprint density at radius 1 is 1.15 bits per heavy atom. The van der Waals surface area contributed by atoms with Crippen molar-refractivity contribution >= 4 is 23.3 Å². The zero-order valence-electron chi connectivity index (χ0n) is 18.6. The van der Waals surface area contributed by atoms with E-state index in [1.165, 1.54) is 12.5 Å². The molecule has 4 aromatic rings. The molecule has 0 saturated heterocycles. The van der Waals surface area contributed by atoms with Crippen LogP contribution >= 0.6 is 0 Å². The number of hydrogen-bond donors (Lipinski definition) is 1. The lowest BCUT2D eigenvalue weighted by Gasteiger charge is -2.10. The number of hydrazone groups is 1. The van der Waals surface area contributed by atoms with Crippen LogP contribution in [-0.2, 0) is 6.54 Å². The summed E-state index contributed by atoms with van der Waals surface area (Å²) in [5.41, 5.74) is 5.01. The highest BCUT2D eigenvalue weighted by atomic mass is 16.5. The molecule has 0 bridgehead atoms. The van der Waals surface area contributed by atoms with Crippen molar-refractivity contribution in [2.45, 2.75) is 20.4 Å². The molecular weight excluding hydrogens is 420 g/mol. The predicted molar refractivity (Wildman–Crippen MR) is 125 cm³/mol. The van der Waals surface area contributed by atoms with Crippen LogP contribution in [-0.4, -0.2) is 38.8 Å². The Morgan fingerprint density at radius 2 is 1.97 bits per heavy atom. The summed E-state index contributed by atoms with van der Waals surface area (Å²) in [5, 5.41) is 4.03. The van der Waals surface area contributed by atoms with E-state index in [0.29, 0.717) is 39.9 Å². The van der Waals surface area contributed by atoms with Gasteiger partial charge in [0.2, 0.25) is 0 Å². The van der Waals surface area contributed by atoms with Gasteiger partial charge < -0.3 is 14.0 Å². The second-order valence-electron chi connectivity index (χ2n) is 7.71. The number of ether oxygens (including phenoxy) is 2. The molecule has 0 unspecified atom stereocenters. The lowest BCUT2D eigenvalue weighted by Crippen LogP contribution is -2.17. The third-order valence-electron chi connectivity index (χ3n) is 4.75. The maximum Gasteiger partial charge on any atom is 0.271 e. The van der Waals surface area contributed by atoms with Gasteiger partial charge in [0.05, 0.1) is 19.7 Å². The van der Waals surface area contributed by atoms with Crippen LogP contribution < -0.4 is 14.9 Å². The summed E-state index contributed by atoms with van der Waals surface area (Å²) in [5.74, 6) is 1.57. The second kappa shape index (κ2) is 9.90. The molecule has 0 radical (unpaired) electrons. The van der Waals surface area contributed by atoms with Crippen LogP contribution in [0.5, 0.6) is 17.4 Å². The Morgan fingerprint density at radius 3 is 2.73 bits per heavy atom. The van der Waals surface area contributed by atoms with Crippen LogP contribution in [0.2, 0.25) is 0 Å². The number of aromatic nitrogens is 4. The molecule has 2 aromatic carbocycles. The molecule has 2 aromatic heterocycles. The van der Waals surface area contributed by atoms with Gasteiger partial charge in [-0.2, -0.15) is 10.1 Å². The zero-order chi connectivity index (χ0) is 23.2. The Balaban J connectivity index is 1.50. The van der Waals surface area contributed by atoms with Gasteiger partial charge in [0.25, 0.3) is 11.8 Å². The number of nitrogens with zero attached hydrogens (tertiary/aromatic N) is 5. The number of benzene rings is 2. The normalized spacial score (nSPS) is 11.3. The number of carbonyl (C=O) groups is 1. The van der Waals surface area contributed by atoms with Gasteiger partial charge in [-0.15, -0.1) is 0 Å². The molecule has 33 heavy (non-hydrogen) atoms. The van der Waals surface area contributed by atoms with Crippen molar-refractivity contribution in [2.24, 2.45) is 11.0 Å². The summed E-state index contributed by atoms with van der Waals surface area (Å²) in [4.78, 5) is 25.1. The number of amides is 1. The minimum absolute atomic E-state index is 0.296. The van der Waals surface area contributed by atoms with Crippen molar-refractivity contribution in [3.63, 3.8) is 0 Å². The quantitative estimate of drug-likeness (QED) is 0.325. The molecule has 2 heterocycles. The van der Waals surface area contributed by atoms with Crippen LogP contribution in [0.1, 0.15) is 29.8 Å². The predicted octanol–water partition coefficient (Wildman–Crippen LogP) is 4.05. The number of carbonyl (C=O) groups excluding carboxylic acids is 1. The van der Waals surface area contributed by atoms with E-state index >= 15 is 0 Å². The fourth-order valence-electron chi connectivity index (χ4n) is 3.25. The molecule has 0 aliphatic heterocycles. The lowest BCUT2D eigenvalue weighted by molar-refractivity contribution is 0.0955. The SMILES string of the molecule is COc1cc(Oc2ncnc3c2ncn3CC(C)C)ccc1/C=N/NC(=O)c1ccccc1. The fourth-order valence-corrected chi connectivity index (χ4v) is 3.25. The van der Waals surface area contributed by atoms with Gasteiger partial charge >= 0.3 is 0 Å². The van der Waals surface area contributed by atoms with Crippen molar-refractivity contribution < 1.29 is 14.3 Å². The summed E-state index contributed by atoms with van der Waals surface area (Å²) in [6.45, 7) is 5.07. The highest BCUT2D eigenvalue weighted by Crippen LogP contribution is 2.29. The number of hydrogen-bond acceptors (Lipinski definition) is 7. The van der Waals surface area contributed by atoms with Gasteiger partial charge in [0.1, 0.15) is 17.8 Å². The summed E-state index contributed by atoms with van der Waals surface area (Å²) >= 11 is 0. The minimum atomic E-state index is -0.296. The van der Waals surface area contributed by atoms with E-state index in [0.717, 1.165) is 12.2 Å². The maximum atomic E-state index is 12.1. The molecule has 9 nitrogen and oxygen atoms in total. The first-order valence-corrected chi connectivity index (χ1v) is 10.5. The number of methoxy groups -OCH3 is 1. The smallest absolute Gasteiger partial charge is 0.271 e. The zero-order valence-corrected chi connectivity index (χ0v) is 18.6. The first-order valence-electron chi connectivity index (χ1n) is 10.5. The largest absolute Gasteiger partial charge is 0.496 e. The van der Waals surface area contributed by atoms with Crippen LogP contribution in [0, 0.1) is 5.92 Å². The molecule has 1 N–H and O–H groups in total. The summed E-state index contributed by atoms with van der Waals surface area (Å²) in [7, 11) is 1.55. The highest BCUT2D eigenvalue weighted by molar-refractivity contribution is 5.95. The molecule has 0 saturated carbocycles. The van der Waals surface area contributed by atoms with Crippen molar-refractivity contribution in [3.05, 3.63) is 72.3 Å². The monoisotopic (exact) mass is 444 g/mol. The van der Waals surface area contributed by atoms with Gasteiger partial charge in [-0.3, -0.25) is 4.79 Å². The van der Waals surface area contributed by atoms with Gasteiger partial charge in [-0.25, -0.2) is 15.4 Å². The highest BCUT2D eigenvalue weighted by Gasteiger charge is 2.14. The first kappa shape index (κ1) is 21.9. The summed E-state index contributed by atoms with van der Waals surface area (Å²) < 4.78 is 13.4. The Labute approximate surface area is 191 Å². The number of rotatable bonds is 8.